The first kappa shape index (κ1) is 13.1. The Morgan fingerprint density at radius 2 is 2.05 bits per heavy atom. The molecule has 0 amide bonds. The maximum atomic E-state index is 13.6. The van der Waals surface area contributed by atoms with Crippen LogP contribution in [0.4, 0.5) is 8.78 Å². The van der Waals surface area contributed by atoms with E-state index < -0.39 is 17.6 Å². The number of halogens is 2. The first-order valence-corrected chi connectivity index (χ1v) is 5.71. The summed E-state index contributed by atoms with van der Waals surface area (Å²) in [7, 11) is 0. The Hall–Kier alpha value is -2.30. The van der Waals surface area contributed by atoms with E-state index in [0.717, 1.165) is 18.2 Å². The van der Waals surface area contributed by atoms with Crippen LogP contribution >= 0.6 is 0 Å². The highest BCUT2D eigenvalue weighted by molar-refractivity contribution is 5.87. The third-order valence-corrected chi connectivity index (χ3v) is 2.44. The van der Waals surface area contributed by atoms with Crippen molar-refractivity contribution in [2.24, 2.45) is 0 Å². The van der Waals surface area contributed by atoms with Gasteiger partial charge < -0.3 is 4.74 Å². The lowest BCUT2D eigenvalue weighted by Gasteiger charge is -2.05. The second kappa shape index (κ2) is 5.56. The molecule has 0 radical (unpaired) electrons. The number of nitrogens with zero attached hydrogens (tertiary/aromatic N) is 1. The predicted molar refractivity (Wildman–Crippen MR) is 65.5 cm³/mol. The van der Waals surface area contributed by atoms with Crippen molar-refractivity contribution in [2.75, 3.05) is 6.61 Å². The van der Waals surface area contributed by atoms with Crippen LogP contribution in [0, 0.1) is 11.6 Å². The highest BCUT2D eigenvalue weighted by Gasteiger charge is 2.12. The van der Waals surface area contributed by atoms with Crippen LogP contribution in [0.15, 0.2) is 36.4 Å². The van der Waals surface area contributed by atoms with Gasteiger partial charge >= 0.3 is 5.97 Å². The number of hydrogen-bond acceptors (Lipinski definition) is 3. The third-order valence-electron chi connectivity index (χ3n) is 2.44. The average molecular weight is 263 g/mol. The molecule has 0 aliphatic rings. The van der Waals surface area contributed by atoms with Crippen LogP contribution in [-0.2, 0) is 4.74 Å². The Bertz CT molecular complexity index is 614. The van der Waals surface area contributed by atoms with Gasteiger partial charge in [0.2, 0.25) is 0 Å². The van der Waals surface area contributed by atoms with E-state index in [1.54, 1.807) is 13.0 Å². The van der Waals surface area contributed by atoms with Gasteiger partial charge in [0.15, 0.2) is 0 Å². The SMILES string of the molecule is CCOC(=O)c1cccc(-c2cc(F)ccc2F)n1. The molecule has 5 heteroatoms. The number of aromatic nitrogens is 1. The van der Waals surface area contributed by atoms with Crippen molar-refractivity contribution in [3.63, 3.8) is 0 Å². The van der Waals surface area contributed by atoms with E-state index in [-0.39, 0.29) is 23.6 Å². The highest BCUT2D eigenvalue weighted by atomic mass is 19.1. The Balaban J connectivity index is 2.43. The van der Waals surface area contributed by atoms with Gasteiger partial charge in [-0.3, -0.25) is 0 Å². The summed E-state index contributed by atoms with van der Waals surface area (Å²) in [4.78, 5) is 15.5. The fraction of sp³-hybridized carbons (Fsp3) is 0.143. The molecule has 0 saturated carbocycles. The van der Waals surface area contributed by atoms with Crippen molar-refractivity contribution in [3.05, 3.63) is 53.7 Å². The molecule has 0 unspecified atom stereocenters. The van der Waals surface area contributed by atoms with Crippen molar-refractivity contribution in [1.82, 2.24) is 4.98 Å². The van der Waals surface area contributed by atoms with Crippen LogP contribution in [0.3, 0.4) is 0 Å². The number of pyridine rings is 1. The lowest BCUT2D eigenvalue weighted by Crippen LogP contribution is -2.07. The number of ether oxygens (including phenoxy) is 1. The van der Waals surface area contributed by atoms with Gasteiger partial charge in [-0.1, -0.05) is 6.07 Å². The van der Waals surface area contributed by atoms with Gasteiger partial charge in [-0.05, 0) is 37.3 Å². The summed E-state index contributed by atoms with van der Waals surface area (Å²) in [6.07, 6.45) is 0. The number of esters is 1. The summed E-state index contributed by atoms with van der Waals surface area (Å²) in [5.41, 5.74) is 0.247. The standard InChI is InChI=1S/C14H11F2NO2/c1-2-19-14(18)13-5-3-4-12(17-13)10-8-9(15)6-7-11(10)16/h3-8H,2H2,1H3. The molecule has 1 heterocycles. The van der Waals surface area contributed by atoms with Gasteiger partial charge in [-0.25, -0.2) is 18.6 Å². The van der Waals surface area contributed by atoms with Gasteiger partial charge in [0.1, 0.15) is 17.3 Å². The monoisotopic (exact) mass is 263 g/mol. The van der Waals surface area contributed by atoms with Gasteiger partial charge in [0.05, 0.1) is 12.3 Å². The van der Waals surface area contributed by atoms with Crippen molar-refractivity contribution >= 4 is 5.97 Å². The molecule has 0 atom stereocenters. The van der Waals surface area contributed by atoms with E-state index in [9.17, 15) is 13.6 Å². The minimum Gasteiger partial charge on any atom is -0.461 e. The van der Waals surface area contributed by atoms with Crippen LogP contribution in [0.2, 0.25) is 0 Å². The van der Waals surface area contributed by atoms with Crippen molar-refractivity contribution in [1.29, 1.82) is 0 Å². The number of rotatable bonds is 3. The molecule has 98 valence electrons. The molecule has 2 rings (SSSR count). The number of benzene rings is 1. The molecule has 1 aromatic heterocycles. The van der Waals surface area contributed by atoms with E-state index in [1.807, 2.05) is 0 Å². The fourth-order valence-electron chi connectivity index (χ4n) is 1.60. The maximum Gasteiger partial charge on any atom is 0.356 e. The number of hydrogen-bond donors (Lipinski definition) is 0. The minimum absolute atomic E-state index is 0.00569. The third kappa shape index (κ3) is 2.93. The molecule has 0 saturated heterocycles. The molecule has 1 aromatic carbocycles. The highest BCUT2D eigenvalue weighted by Crippen LogP contribution is 2.22. The van der Waals surface area contributed by atoms with Crippen LogP contribution < -0.4 is 0 Å². The van der Waals surface area contributed by atoms with Crippen LogP contribution in [-0.4, -0.2) is 17.6 Å². The van der Waals surface area contributed by atoms with E-state index in [4.69, 9.17) is 4.74 Å². The van der Waals surface area contributed by atoms with Crippen molar-refractivity contribution < 1.29 is 18.3 Å². The Morgan fingerprint density at radius 3 is 2.79 bits per heavy atom. The summed E-state index contributed by atoms with van der Waals surface area (Å²) in [6, 6.07) is 7.57. The second-order valence-electron chi connectivity index (χ2n) is 3.75. The molecule has 0 spiro atoms. The maximum absolute atomic E-state index is 13.6. The van der Waals surface area contributed by atoms with Gasteiger partial charge in [0.25, 0.3) is 0 Å². The van der Waals surface area contributed by atoms with Crippen LogP contribution in [0.25, 0.3) is 11.3 Å². The lowest BCUT2D eigenvalue weighted by atomic mass is 10.1. The summed E-state index contributed by atoms with van der Waals surface area (Å²) >= 11 is 0. The first-order chi connectivity index (χ1) is 9.11. The molecule has 3 nitrogen and oxygen atoms in total. The van der Waals surface area contributed by atoms with E-state index in [1.165, 1.54) is 12.1 Å². The van der Waals surface area contributed by atoms with E-state index in [0.29, 0.717) is 0 Å². The molecule has 0 bridgehead atoms. The Morgan fingerprint density at radius 1 is 1.26 bits per heavy atom. The molecule has 0 N–H and O–H groups in total. The second-order valence-corrected chi connectivity index (χ2v) is 3.75. The summed E-state index contributed by atoms with van der Waals surface area (Å²) < 4.78 is 31.5. The summed E-state index contributed by atoms with van der Waals surface area (Å²) in [6.45, 7) is 1.90. The molecular weight excluding hydrogens is 252 g/mol. The number of carbonyl (C=O) groups excluding carboxylic acids is 1. The lowest BCUT2D eigenvalue weighted by molar-refractivity contribution is 0.0519. The quantitative estimate of drug-likeness (QED) is 0.798. The molecule has 0 aliphatic carbocycles. The average Bonchev–Trinajstić information content (AvgIpc) is 2.42. The van der Waals surface area contributed by atoms with Crippen molar-refractivity contribution in [2.45, 2.75) is 6.92 Å². The van der Waals surface area contributed by atoms with E-state index >= 15 is 0 Å². The number of carbonyl (C=O) groups is 1. The van der Waals surface area contributed by atoms with Crippen molar-refractivity contribution in [3.8, 4) is 11.3 Å². The largest absolute Gasteiger partial charge is 0.461 e. The zero-order valence-corrected chi connectivity index (χ0v) is 10.2. The molecule has 2 aromatic rings. The van der Waals surface area contributed by atoms with Gasteiger partial charge in [-0.2, -0.15) is 0 Å². The van der Waals surface area contributed by atoms with Crippen LogP contribution in [0.5, 0.6) is 0 Å². The molecule has 19 heavy (non-hydrogen) atoms. The zero-order valence-electron chi connectivity index (χ0n) is 10.2. The summed E-state index contributed by atoms with van der Waals surface area (Å²) in [5, 5.41) is 0. The normalized spacial score (nSPS) is 10.3. The van der Waals surface area contributed by atoms with Crippen LogP contribution in [0.1, 0.15) is 17.4 Å². The predicted octanol–water partition coefficient (Wildman–Crippen LogP) is 3.20. The minimum atomic E-state index is -0.602. The fourth-order valence-corrected chi connectivity index (χ4v) is 1.60. The molecule has 0 fully saturated rings. The topological polar surface area (TPSA) is 39.2 Å². The zero-order chi connectivity index (χ0) is 13.8. The summed E-state index contributed by atoms with van der Waals surface area (Å²) in [5.74, 6) is -1.77. The van der Waals surface area contributed by atoms with Gasteiger partial charge in [0, 0.05) is 5.56 Å². The van der Waals surface area contributed by atoms with E-state index in [2.05, 4.69) is 4.98 Å². The molecule has 0 aliphatic heterocycles. The smallest absolute Gasteiger partial charge is 0.356 e. The van der Waals surface area contributed by atoms with Gasteiger partial charge in [-0.15, -0.1) is 0 Å². The Labute approximate surface area is 108 Å². The Kier molecular flexibility index (Phi) is 3.85. The molecular formula is C14H11F2NO2. The first-order valence-electron chi connectivity index (χ1n) is 5.71.